The van der Waals surface area contributed by atoms with Crippen LogP contribution >= 0.6 is 11.3 Å². The highest BCUT2D eigenvalue weighted by atomic mass is 32.1. The Kier molecular flexibility index (Phi) is 2.99. The van der Waals surface area contributed by atoms with Gasteiger partial charge in [-0.3, -0.25) is 0 Å². The van der Waals surface area contributed by atoms with Crippen molar-refractivity contribution in [2.24, 2.45) is 0 Å². The number of hydrogen-bond acceptors (Lipinski definition) is 4. The van der Waals surface area contributed by atoms with Gasteiger partial charge in [0.05, 0.1) is 11.6 Å². The van der Waals surface area contributed by atoms with Crippen LogP contribution < -0.4 is 4.90 Å². The standard InChI is InChI=1S/C14H13N3S/c15-9-11-3-1-6-16-14(11)17-7-2-4-13(17)12-5-8-18-10-12/h1,3,5-6,8,10,13H,2,4,7H2/t13-/m0/s1. The summed E-state index contributed by atoms with van der Waals surface area (Å²) in [4.78, 5) is 6.66. The van der Waals surface area contributed by atoms with Crippen molar-refractivity contribution in [2.75, 3.05) is 11.4 Å². The van der Waals surface area contributed by atoms with E-state index in [9.17, 15) is 5.26 Å². The molecule has 0 aromatic carbocycles. The molecule has 4 heteroatoms. The Bertz CT molecular complexity index is 571. The number of aromatic nitrogens is 1. The van der Waals surface area contributed by atoms with E-state index < -0.39 is 0 Å². The molecular formula is C14H13N3S. The second-order valence-electron chi connectivity index (χ2n) is 4.39. The van der Waals surface area contributed by atoms with Gasteiger partial charge < -0.3 is 4.90 Å². The number of pyridine rings is 1. The molecule has 0 unspecified atom stereocenters. The molecule has 1 aliphatic rings. The van der Waals surface area contributed by atoms with Crippen LogP contribution in [0.1, 0.15) is 30.0 Å². The van der Waals surface area contributed by atoms with Crippen LogP contribution in [0.3, 0.4) is 0 Å². The summed E-state index contributed by atoms with van der Waals surface area (Å²) in [5.74, 6) is 0.828. The summed E-state index contributed by atoms with van der Waals surface area (Å²) < 4.78 is 0. The molecule has 0 bridgehead atoms. The van der Waals surface area contributed by atoms with Gasteiger partial charge in [-0.2, -0.15) is 16.6 Å². The molecule has 0 aliphatic carbocycles. The average Bonchev–Trinajstić information content (AvgIpc) is 3.09. The summed E-state index contributed by atoms with van der Waals surface area (Å²) in [6.07, 6.45) is 4.05. The Morgan fingerprint density at radius 1 is 1.44 bits per heavy atom. The van der Waals surface area contributed by atoms with Gasteiger partial charge in [-0.25, -0.2) is 4.98 Å². The molecule has 90 valence electrons. The molecule has 0 saturated carbocycles. The first-order valence-electron chi connectivity index (χ1n) is 6.04. The van der Waals surface area contributed by atoms with E-state index in [4.69, 9.17) is 0 Å². The van der Waals surface area contributed by atoms with Gasteiger partial charge in [-0.1, -0.05) is 0 Å². The zero-order valence-corrected chi connectivity index (χ0v) is 10.7. The minimum atomic E-state index is 0.373. The Balaban J connectivity index is 1.98. The van der Waals surface area contributed by atoms with Gasteiger partial charge in [-0.15, -0.1) is 0 Å². The molecule has 2 aromatic rings. The maximum absolute atomic E-state index is 9.18. The smallest absolute Gasteiger partial charge is 0.146 e. The molecule has 1 saturated heterocycles. The first-order chi connectivity index (χ1) is 8.90. The first-order valence-corrected chi connectivity index (χ1v) is 6.98. The summed E-state index contributed by atoms with van der Waals surface area (Å²) in [6.45, 7) is 0.978. The lowest BCUT2D eigenvalue weighted by molar-refractivity contribution is 0.714. The van der Waals surface area contributed by atoms with Gasteiger partial charge >= 0.3 is 0 Å². The predicted octanol–water partition coefficient (Wildman–Crippen LogP) is 3.36. The highest BCUT2D eigenvalue weighted by Crippen LogP contribution is 2.37. The van der Waals surface area contributed by atoms with Gasteiger partial charge in [0.15, 0.2) is 0 Å². The molecule has 3 nitrogen and oxygen atoms in total. The molecule has 2 aromatic heterocycles. The summed E-state index contributed by atoms with van der Waals surface area (Å²) in [5.41, 5.74) is 2.01. The third-order valence-corrected chi connectivity index (χ3v) is 4.06. The van der Waals surface area contributed by atoms with E-state index in [1.807, 2.05) is 12.1 Å². The van der Waals surface area contributed by atoms with Crippen molar-refractivity contribution in [3.05, 3.63) is 46.3 Å². The molecule has 1 fully saturated rings. The number of nitriles is 1. The third kappa shape index (κ3) is 1.87. The Hall–Kier alpha value is -1.86. The largest absolute Gasteiger partial charge is 0.348 e. The lowest BCUT2D eigenvalue weighted by Gasteiger charge is -2.25. The van der Waals surface area contributed by atoms with E-state index in [0.29, 0.717) is 11.6 Å². The van der Waals surface area contributed by atoms with Gasteiger partial charge in [0.2, 0.25) is 0 Å². The van der Waals surface area contributed by atoms with Crippen LogP contribution in [0.15, 0.2) is 35.2 Å². The van der Waals surface area contributed by atoms with Crippen LogP contribution in [0.2, 0.25) is 0 Å². The zero-order valence-electron chi connectivity index (χ0n) is 9.91. The van der Waals surface area contributed by atoms with Crippen LogP contribution in [0.4, 0.5) is 5.82 Å². The van der Waals surface area contributed by atoms with Gasteiger partial charge in [-0.05, 0) is 47.4 Å². The molecule has 0 spiro atoms. The van der Waals surface area contributed by atoms with Crippen molar-refractivity contribution < 1.29 is 0 Å². The second kappa shape index (κ2) is 4.79. The first kappa shape index (κ1) is 11.2. The van der Waals surface area contributed by atoms with Crippen molar-refractivity contribution in [2.45, 2.75) is 18.9 Å². The van der Waals surface area contributed by atoms with E-state index >= 15 is 0 Å². The normalized spacial score (nSPS) is 18.8. The van der Waals surface area contributed by atoms with E-state index in [0.717, 1.165) is 25.2 Å². The Morgan fingerprint density at radius 2 is 2.39 bits per heavy atom. The highest BCUT2D eigenvalue weighted by molar-refractivity contribution is 7.08. The summed E-state index contributed by atoms with van der Waals surface area (Å²) in [6, 6.07) is 8.44. The monoisotopic (exact) mass is 255 g/mol. The fourth-order valence-electron chi connectivity index (χ4n) is 2.54. The molecule has 1 atom stereocenters. The van der Waals surface area contributed by atoms with Gasteiger partial charge in [0.25, 0.3) is 0 Å². The van der Waals surface area contributed by atoms with Crippen LogP contribution in [-0.4, -0.2) is 11.5 Å². The highest BCUT2D eigenvalue weighted by Gasteiger charge is 2.28. The third-order valence-electron chi connectivity index (χ3n) is 3.36. The van der Waals surface area contributed by atoms with Crippen molar-refractivity contribution in [3.63, 3.8) is 0 Å². The molecule has 0 radical (unpaired) electrons. The van der Waals surface area contributed by atoms with Gasteiger partial charge in [0, 0.05) is 12.7 Å². The fraction of sp³-hybridized carbons (Fsp3) is 0.286. The average molecular weight is 255 g/mol. The number of hydrogen-bond donors (Lipinski definition) is 0. The molecule has 0 amide bonds. The molecular weight excluding hydrogens is 242 g/mol. The van der Waals surface area contributed by atoms with Crippen LogP contribution in [-0.2, 0) is 0 Å². The number of rotatable bonds is 2. The summed E-state index contributed by atoms with van der Waals surface area (Å²) >= 11 is 1.72. The Labute approximate surface area is 110 Å². The van der Waals surface area contributed by atoms with Crippen molar-refractivity contribution in [3.8, 4) is 6.07 Å². The van der Waals surface area contributed by atoms with Crippen molar-refractivity contribution in [1.29, 1.82) is 5.26 Å². The maximum Gasteiger partial charge on any atom is 0.146 e. The number of thiophene rings is 1. The fourth-order valence-corrected chi connectivity index (χ4v) is 3.25. The van der Waals surface area contributed by atoms with Crippen LogP contribution in [0.5, 0.6) is 0 Å². The minimum Gasteiger partial charge on any atom is -0.348 e. The minimum absolute atomic E-state index is 0.373. The van der Waals surface area contributed by atoms with E-state index in [-0.39, 0.29) is 0 Å². The lowest BCUT2D eigenvalue weighted by Crippen LogP contribution is -2.24. The van der Waals surface area contributed by atoms with Crippen molar-refractivity contribution in [1.82, 2.24) is 4.98 Å². The number of anilines is 1. The molecule has 0 N–H and O–H groups in total. The SMILES string of the molecule is N#Cc1cccnc1N1CCC[C@H]1c1ccsc1. The van der Waals surface area contributed by atoms with Crippen molar-refractivity contribution >= 4 is 17.2 Å². The van der Waals surface area contributed by atoms with E-state index in [2.05, 4.69) is 32.8 Å². The molecule has 3 rings (SSSR count). The summed E-state index contributed by atoms with van der Waals surface area (Å²) in [7, 11) is 0. The Morgan fingerprint density at radius 3 is 3.17 bits per heavy atom. The molecule has 1 aliphatic heterocycles. The molecule has 18 heavy (non-hydrogen) atoms. The predicted molar refractivity (Wildman–Crippen MR) is 72.6 cm³/mol. The van der Waals surface area contributed by atoms with E-state index in [1.165, 1.54) is 5.56 Å². The lowest BCUT2D eigenvalue weighted by atomic mass is 10.1. The van der Waals surface area contributed by atoms with Crippen LogP contribution in [0.25, 0.3) is 0 Å². The topological polar surface area (TPSA) is 39.9 Å². The van der Waals surface area contributed by atoms with Gasteiger partial charge in [0.1, 0.15) is 11.9 Å². The van der Waals surface area contributed by atoms with E-state index in [1.54, 1.807) is 17.5 Å². The maximum atomic E-state index is 9.18. The molecule has 3 heterocycles. The van der Waals surface area contributed by atoms with Crippen LogP contribution in [0, 0.1) is 11.3 Å². The quantitative estimate of drug-likeness (QED) is 0.826. The second-order valence-corrected chi connectivity index (χ2v) is 5.17. The summed E-state index contributed by atoms with van der Waals surface area (Å²) in [5, 5.41) is 13.5. The zero-order chi connectivity index (χ0) is 12.4. The number of nitrogens with zero attached hydrogens (tertiary/aromatic N) is 3.